The van der Waals surface area contributed by atoms with Crippen LogP contribution in [0.2, 0.25) is 5.15 Å². The van der Waals surface area contributed by atoms with Crippen LogP contribution in [-0.4, -0.2) is 26.2 Å². The predicted octanol–water partition coefficient (Wildman–Crippen LogP) is 3.48. The van der Waals surface area contributed by atoms with Gasteiger partial charge in [-0.15, -0.1) is 11.3 Å². The fourth-order valence-electron chi connectivity index (χ4n) is 3.05. The minimum absolute atomic E-state index is 0.388. The molecule has 20 heavy (non-hydrogen) atoms. The Morgan fingerprint density at radius 1 is 1.45 bits per heavy atom. The molecule has 0 aromatic carbocycles. The molecule has 108 valence electrons. The topological polar surface area (TPSA) is 34.0 Å². The molecule has 0 amide bonds. The first-order valence-corrected chi connectivity index (χ1v) is 8.10. The summed E-state index contributed by atoms with van der Waals surface area (Å²) in [5, 5.41) is 6.36. The second-order valence-electron chi connectivity index (χ2n) is 5.39. The fraction of sp³-hybridized carbons (Fsp3) is 0.571. The summed E-state index contributed by atoms with van der Waals surface area (Å²) in [6.45, 7) is 6.18. The Hall–Kier alpha value is -0.910. The van der Waals surface area contributed by atoms with Crippen LogP contribution in [0.1, 0.15) is 40.0 Å². The molecule has 2 aromatic rings. The Labute approximate surface area is 128 Å². The van der Waals surface area contributed by atoms with Crippen molar-refractivity contribution in [1.82, 2.24) is 19.7 Å². The van der Waals surface area contributed by atoms with Crippen molar-refractivity contribution < 1.29 is 0 Å². The molecule has 4 nitrogen and oxygen atoms in total. The number of rotatable bonds is 3. The number of thiazole rings is 1. The van der Waals surface area contributed by atoms with Crippen LogP contribution >= 0.6 is 22.9 Å². The number of halogens is 1. The third-order valence-corrected chi connectivity index (χ3v) is 5.27. The van der Waals surface area contributed by atoms with Gasteiger partial charge in [0.15, 0.2) is 0 Å². The Bertz CT molecular complexity index is 619. The molecule has 0 aliphatic carbocycles. The lowest BCUT2D eigenvalue weighted by Crippen LogP contribution is -2.22. The minimum Gasteiger partial charge on any atom is -0.291 e. The van der Waals surface area contributed by atoms with Crippen molar-refractivity contribution in [2.45, 2.75) is 39.3 Å². The van der Waals surface area contributed by atoms with E-state index in [1.54, 1.807) is 16.0 Å². The fourth-order valence-corrected chi connectivity index (χ4v) is 4.17. The van der Waals surface area contributed by atoms with Crippen LogP contribution in [0.4, 0.5) is 0 Å². The van der Waals surface area contributed by atoms with Crippen molar-refractivity contribution in [3.8, 4) is 0 Å². The lowest BCUT2D eigenvalue weighted by atomic mass is 10.1. The van der Waals surface area contributed by atoms with Crippen molar-refractivity contribution in [2.75, 3.05) is 6.54 Å². The Balaban J connectivity index is 1.85. The van der Waals surface area contributed by atoms with Crippen LogP contribution in [0.25, 0.3) is 0 Å². The second-order valence-corrected chi connectivity index (χ2v) is 7.06. The van der Waals surface area contributed by atoms with E-state index in [1.165, 1.54) is 16.9 Å². The van der Waals surface area contributed by atoms with Crippen LogP contribution in [0, 0.1) is 13.8 Å². The first-order chi connectivity index (χ1) is 9.56. The highest BCUT2D eigenvalue weighted by Crippen LogP contribution is 2.38. The van der Waals surface area contributed by atoms with Gasteiger partial charge in [-0.2, -0.15) is 5.10 Å². The smallest absolute Gasteiger partial charge is 0.131 e. The van der Waals surface area contributed by atoms with Crippen molar-refractivity contribution >= 4 is 22.9 Å². The number of likely N-dealkylation sites (tertiary alicyclic amines) is 1. The molecule has 1 fully saturated rings. The molecule has 0 saturated carbocycles. The highest BCUT2D eigenvalue weighted by atomic mass is 35.5. The Morgan fingerprint density at radius 3 is 2.85 bits per heavy atom. The van der Waals surface area contributed by atoms with Gasteiger partial charge < -0.3 is 0 Å². The monoisotopic (exact) mass is 310 g/mol. The number of aryl methyl sites for hydroxylation is 3. The normalized spacial score (nSPS) is 19.9. The third kappa shape index (κ3) is 2.50. The zero-order valence-electron chi connectivity index (χ0n) is 12.1. The maximum absolute atomic E-state index is 6.43. The average Bonchev–Trinajstić information content (AvgIpc) is 3.05. The van der Waals surface area contributed by atoms with Gasteiger partial charge in [-0.1, -0.05) is 11.6 Å². The summed E-state index contributed by atoms with van der Waals surface area (Å²) in [7, 11) is 1.91. The highest BCUT2D eigenvalue weighted by Gasteiger charge is 2.31. The maximum Gasteiger partial charge on any atom is 0.131 e. The van der Waals surface area contributed by atoms with Gasteiger partial charge >= 0.3 is 0 Å². The van der Waals surface area contributed by atoms with Gasteiger partial charge in [0.25, 0.3) is 0 Å². The third-order valence-electron chi connectivity index (χ3n) is 3.92. The second kappa shape index (κ2) is 5.47. The molecule has 3 heterocycles. The first kappa shape index (κ1) is 14.0. The summed E-state index contributed by atoms with van der Waals surface area (Å²) in [6.07, 6.45) is 4.37. The molecule has 0 spiro atoms. The Morgan fingerprint density at radius 2 is 2.25 bits per heavy atom. The summed E-state index contributed by atoms with van der Waals surface area (Å²) in [5.74, 6) is 0. The van der Waals surface area contributed by atoms with Crippen LogP contribution in [0.3, 0.4) is 0 Å². The Kier molecular flexibility index (Phi) is 3.84. The van der Waals surface area contributed by atoms with Gasteiger partial charge in [-0.3, -0.25) is 9.58 Å². The van der Waals surface area contributed by atoms with E-state index < -0.39 is 0 Å². The minimum atomic E-state index is 0.388. The lowest BCUT2D eigenvalue weighted by molar-refractivity contribution is 0.250. The van der Waals surface area contributed by atoms with Gasteiger partial charge in [-0.25, -0.2) is 4.98 Å². The van der Waals surface area contributed by atoms with E-state index in [4.69, 9.17) is 11.6 Å². The number of hydrogen-bond acceptors (Lipinski definition) is 4. The maximum atomic E-state index is 6.43. The van der Waals surface area contributed by atoms with Gasteiger partial charge in [-0.05, 0) is 33.2 Å². The molecule has 0 radical (unpaired) electrons. The molecule has 1 atom stereocenters. The standard InChI is InChI=1S/C14H19ClN4S/c1-9-13(14(15)18(3)17-9)12-5-4-6-19(12)8-11-7-16-10(2)20-11/h7,12H,4-6,8H2,1-3H3. The predicted molar refractivity (Wildman–Crippen MR) is 82.2 cm³/mol. The van der Waals surface area contributed by atoms with Gasteiger partial charge in [0.1, 0.15) is 5.15 Å². The van der Waals surface area contributed by atoms with Crippen LogP contribution in [0.5, 0.6) is 0 Å². The van der Waals surface area contributed by atoms with Crippen molar-refractivity contribution in [2.24, 2.45) is 7.05 Å². The molecule has 6 heteroatoms. The zero-order valence-corrected chi connectivity index (χ0v) is 13.6. The van der Waals surface area contributed by atoms with Gasteiger partial charge in [0.2, 0.25) is 0 Å². The molecule has 0 bridgehead atoms. The van der Waals surface area contributed by atoms with E-state index in [0.29, 0.717) is 6.04 Å². The van der Waals surface area contributed by atoms with Crippen LogP contribution in [0.15, 0.2) is 6.20 Å². The number of hydrogen-bond donors (Lipinski definition) is 0. The first-order valence-electron chi connectivity index (χ1n) is 6.90. The highest BCUT2D eigenvalue weighted by molar-refractivity contribution is 7.11. The number of nitrogens with zero attached hydrogens (tertiary/aromatic N) is 4. The summed E-state index contributed by atoms with van der Waals surface area (Å²) in [4.78, 5) is 8.17. The average molecular weight is 311 g/mol. The van der Waals surface area contributed by atoms with E-state index in [2.05, 4.69) is 28.8 Å². The van der Waals surface area contributed by atoms with Crippen LogP contribution < -0.4 is 0 Å². The quantitative estimate of drug-likeness (QED) is 0.870. The van der Waals surface area contributed by atoms with Crippen molar-refractivity contribution in [3.05, 3.63) is 32.5 Å². The van der Waals surface area contributed by atoms with Crippen molar-refractivity contribution in [1.29, 1.82) is 0 Å². The summed E-state index contributed by atoms with van der Waals surface area (Å²) in [5.41, 5.74) is 2.25. The molecule has 1 unspecified atom stereocenters. The SMILES string of the molecule is Cc1ncc(CN2CCCC2c2c(C)nn(C)c2Cl)s1. The van der Waals surface area contributed by atoms with Crippen molar-refractivity contribution in [3.63, 3.8) is 0 Å². The molecule has 2 aromatic heterocycles. The lowest BCUT2D eigenvalue weighted by Gasteiger charge is -2.23. The van der Waals surface area contributed by atoms with Gasteiger partial charge in [0.05, 0.1) is 10.7 Å². The molecular weight excluding hydrogens is 292 g/mol. The summed E-state index contributed by atoms with van der Waals surface area (Å²) < 4.78 is 1.78. The molecule has 0 N–H and O–H groups in total. The van der Waals surface area contributed by atoms with E-state index >= 15 is 0 Å². The number of aromatic nitrogens is 3. The largest absolute Gasteiger partial charge is 0.291 e. The van der Waals surface area contributed by atoms with E-state index in [-0.39, 0.29) is 0 Å². The van der Waals surface area contributed by atoms with E-state index in [1.807, 2.05) is 13.2 Å². The van der Waals surface area contributed by atoms with Gasteiger partial charge in [0, 0.05) is 36.3 Å². The molecule has 1 aliphatic rings. The molecule has 1 aliphatic heterocycles. The molecule has 1 saturated heterocycles. The summed E-state index contributed by atoms with van der Waals surface area (Å²) in [6, 6.07) is 0.388. The summed E-state index contributed by atoms with van der Waals surface area (Å²) >= 11 is 8.21. The van der Waals surface area contributed by atoms with Crippen LogP contribution in [-0.2, 0) is 13.6 Å². The van der Waals surface area contributed by atoms with E-state index in [0.717, 1.165) is 35.4 Å². The van der Waals surface area contributed by atoms with E-state index in [9.17, 15) is 0 Å². The molecular formula is C14H19ClN4S. The molecule has 3 rings (SSSR count). The zero-order chi connectivity index (χ0) is 14.3.